The van der Waals surface area contributed by atoms with Crippen LogP contribution in [-0.2, 0) is 24.8 Å². The van der Waals surface area contributed by atoms with Gasteiger partial charge in [0.05, 0.1) is 10.5 Å². The maximum atomic E-state index is 12.5. The average molecular weight is 413 g/mol. The number of carbonyl (C=O) groups excluding carboxylic acids is 2. The highest BCUT2D eigenvalue weighted by Crippen LogP contribution is 2.46. The molecule has 0 N–H and O–H groups in total. The SMILES string of the molecule is CN1/C(=C\C(=O)COC(=O)c2ccccc2S(C)(=O)=O)C(C)(C)c2ccccc21. The van der Waals surface area contributed by atoms with Crippen LogP contribution >= 0.6 is 0 Å². The first kappa shape index (κ1) is 20.8. The van der Waals surface area contributed by atoms with Crippen LogP contribution in [0.5, 0.6) is 0 Å². The summed E-state index contributed by atoms with van der Waals surface area (Å²) >= 11 is 0. The number of anilines is 1. The summed E-state index contributed by atoms with van der Waals surface area (Å²) in [5.74, 6) is -1.22. The second-order valence-electron chi connectivity index (χ2n) is 7.54. The van der Waals surface area contributed by atoms with Gasteiger partial charge in [0, 0.05) is 36.2 Å². The highest BCUT2D eigenvalue weighted by atomic mass is 32.2. The molecular weight excluding hydrogens is 390 g/mol. The van der Waals surface area contributed by atoms with Crippen LogP contribution in [0.25, 0.3) is 0 Å². The van der Waals surface area contributed by atoms with Crippen molar-refractivity contribution in [2.45, 2.75) is 24.2 Å². The number of allylic oxidation sites excluding steroid dienone is 1. The molecule has 1 aliphatic rings. The summed E-state index contributed by atoms with van der Waals surface area (Å²) in [7, 11) is -1.70. The van der Waals surface area contributed by atoms with Gasteiger partial charge in [0.2, 0.25) is 0 Å². The zero-order chi connectivity index (χ0) is 21.4. The number of esters is 1. The minimum Gasteiger partial charge on any atom is -0.454 e. The number of rotatable bonds is 5. The van der Waals surface area contributed by atoms with Crippen molar-refractivity contribution in [3.63, 3.8) is 0 Å². The first-order valence-electron chi connectivity index (χ1n) is 9.08. The maximum absolute atomic E-state index is 12.5. The number of para-hydroxylation sites is 1. The number of benzene rings is 2. The van der Waals surface area contributed by atoms with Crippen molar-refractivity contribution < 1.29 is 22.7 Å². The summed E-state index contributed by atoms with van der Waals surface area (Å²) < 4.78 is 28.8. The van der Waals surface area contributed by atoms with Crippen molar-refractivity contribution in [1.82, 2.24) is 0 Å². The van der Waals surface area contributed by atoms with E-state index in [9.17, 15) is 18.0 Å². The topological polar surface area (TPSA) is 80.8 Å². The molecule has 152 valence electrons. The Kier molecular flexibility index (Phi) is 5.36. The van der Waals surface area contributed by atoms with Crippen LogP contribution in [0.4, 0.5) is 5.69 Å². The number of fused-ring (bicyclic) bond motifs is 1. The Labute approximate surface area is 170 Å². The molecule has 0 aliphatic carbocycles. The lowest BCUT2D eigenvalue weighted by atomic mass is 9.83. The molecule has 0 fully saturated rings. The molecule has 29 heavy (non-hydrogen) atoms. The third-order valence-electron chi connectivity index (χ3n) is 5.09. The van der Waals surface area contributed by atoms with Crippen LogP contribution < -0.4 is 4.90 Å². The van der Waals surface area contributed by atoms with Gasteiger partial charge in [-0.25, -0.2) is 13.2 Å². The van der Waals surface area contributed by atoms with Crippen LogP contribution in [0.3, 0.4) is 0 Å². The lowest BCUT2D eigenvalue weighted by Crippen LogP contribution is -2.25. The van der Waals surface area contributed by atoms with Gasteiger partial charge in [-0.15, -0.1) is 0 Å². The van der Waals surface area contributed by atoms with E-state index in [0.717, 1.165) is 23.2 Å². The molecule has 0 saturated carbocycles. The second kappa shape index (κ2) is 7.48. The minimum atomic E-state index is -3.59. The van der Waals surface area contributed by atoms with E-state index in [2.05, 4.69) is 0 Å². The Bertz CT molecular complexity index is 1120. The van der Waals surface area contributed by atoms with Crippen molar-refractivity contribution in [2.24, 2.45) is 0 Å². The smallest absolute Gasteiger partial charge is 0.339 e. The average Bonchev–Trinajstić information content (AvgIpc) is 2.86. The zero-order valence-electron chi connectivity index (χ0n) is 16.8. The molecule has 1 heterocycles. The Morgan fingerprint density at radius 1 is 1.07 bits per heavy atom. The fourth-order valence-corrected chi connectivity index (χ4v) is 4.50. The Balaban J connectivity index is 1.77. The van der Waals surface area contributed by atoms with E-state index in [1.165, 1.54) is 24.3 Å². The number of ether oxygens (including phenoxy) is 1. The van der Waals surface area contributed by atoms with Gasteiger partial charge in [-0.1, -0.05) is 44.2 Å². The van der Waals surface area contributed by atoms with Crippen LogP contribution in [0.1, 0.15) is 29.8 Å². The molecule has 0 bridgehead atoms. The Morgan fingerprint density at radius 3 is 2.34 bits per heavy atom. The predicted molar refractivity (Wildman–Crippen MR) is 111 cm³/mol. The molecule has 1 aliphatic heterocycles. The number of hydrogen-bond donors (Lipinski definition) is 0. The van der Waals surface area contributed by atoms with Gasteiger partial charge < -0.3 is 9.64 Å². The molecule has 0 saturated heterocycles. The monoisotopic (exact) mass is 413 g/mol. The van der Waals surface area contributed by atoms with Crippen molar-refractivity contribution in [2.75, 3.05) is 24.8 Å². The van der Waals surface area contributed by atoms with E-state index in [1.54, 1.807) is 6.07 Å². The normalized spacial score (nSPS) is 16.6. The summed E-state index contributed by atoms with van der Waals surface area (Å²) in [5.41, 5.74) is 2.49. The highest BCUT2D eigenvalue weighted by Gasteiger charge is 2.38. The Morgan fingerprint density at radius 2 is 1.69 bits per heavy atom. The first-order valence-corrected chi connectivity index (χ1v) is 11.0. The van der Waals surface area contributed by atoms with E-state index in [1.807, 2.05) is 50.1 Å². The minimum absolute atomic E-state index is 0.0822. The Hall–Kier alpha value is -2.93. The molecule has 0 unspecified atom stereocenters. The summed E-state index contributed by atoms with van der Waals surface area (Å²) in [6.07, 6.45) is 2.50. The number of ketones is 1. The summed E-state index contributed by atoms with van der Waals surface area (Å²) in [4.78, 5) is 26.7. The third kappa shape index (κ3) is 3.96. The molecular formula is C22H23NO5S. The van der Waals surface area contributed by atoms with Crippen LogP contribution in [-0.4, -0.2) is 40.1 Å². The second-order valence-corrected chi connectivity index (χ2v) is 9.53. The predicted octanol–water partition coefficient (Wildman–Crippen LogP) is 3.13. The van der Waals surface area contributed by atoms with E-state index in [-0.39, 0.29) is 21.7 Å². The lowest BCUT2D eigenvalue weighted by molar-refractivity contribution is -0.117. The van der Waals surface area contributed by atoms with Crippen molar-refractivity contribution in [3.05, 3.63) is 71.4 Å². The van der Waals surface area contributed by atoms with Gasteiger partial charge in [0.25, 0.3) is 0 Å². The number of hydrogen-bond acceptors (Lipinski definition) is 6. The molecule has 7 heteroatoms. The van der Waals surface area contributed by atoms with E-state index in [4.69, 9.17) is 4.74 Å². The summed E-state index contributed by atoms with van der Waals surface area (Å²) in [6, 6.07) is 13.7. The van der Waals surface area contributed by atoms with Gasteiger partial charge >= 0.3 is 5.97 Å². The number of carbonyl (C=O) groups is 2. The largest absolute Gasteiger partial charge is 0.454 e. The van der Waals surface area contributed by atoms with E-state index < -0.39 is 22.4 Å². The van der Waals surface area contributed by atoms with Gasteiger partial charge in [0.1, 0.15) is 0 Å². The molecule has 6 nitrogen and oxygen atoms in total. The van der Waals surface area contributed by atoms with Gasteiger partial charge in [-0.3, -0.25) is 4.79 Å². The van der Waals surface area contributed by atoms with Crippen molar-refractivity contribution in [3.8, 4) is 0 Å². The summed E-state index contributed by atoms with van der Waals surface area (Å²) in [6.45, 7) is 3.59. The van der Waals surface area contributed by atoms with Gasteiger partial charge in [-0.05, 0) is 23.8 Å². The summed E-state index contributed by atoms with van der Waals surface area (Å²) in [5, 5.41) is 0. The number of likely N-dealkylation sites (N-methyl/N-ethyl adjacent to an activating group) is 1. The first-order chi connectivity index (χ1) is 13.5. The van der Waals surface area contributed by atoms with Crippen LogP contribution in [0.15, 0.2) is 65.2 Å². The van der Waals surface area contributed by atoms with Gasteiger partial charge in [0.15, 0.2) is 22.2 Å². The van der Waals surface area contributed by atoms with Crippen molar-refractivity contribution >= 4 is 27.3 Å². The van der Waals surface area contributed by atoms with Crippen molar-refractivity contribution in [1.29, 1.82) is 0 Å². The molecule has 0 radical (unpaired) electrons. The quantitative estimate of drug-likeness (QED) is 0.553. The molecule has 2 aromatic rings. The molecule has 3 rings (SSSR count). The van der Waals surface area contributed by atoms with Gasteiger partial charge in [-0.2, -0.15) is 0 Å². The molecule has 0 amide bonds. The standard InChI is InChI=1S/C22H23NO5S/c1-22(2)17-10-6-7-11-18(17)23(3)20(22)13-15(24)14-28-21(25)16-9-5-8-12-19(16)29(4,26)27/h5-13H,14H2,1-4H3/b20-13-. The lowest BCUT2D eigenvalue weighted by Gasteiger charge is -2.23. The molecule has 0 aromatic heterocycles. The van der Waals surface area contributed by atoms with Crippen LogP contribution in [0.2, 0.25) is 0 Å². The fourth-order valence-electron chi connectivity index (χ4n) is 3.63. The third-order valence-corrected chi connectivity index (χ3v) is 6.25. The zero-order valence-corrected chi connectivity index (χ0v) is 17.6. The van der Waals surface area contributed by atoms with Crippen LogP contribution in [0, 0.1) is 0 Å². The number of nitrogens with zero attached hydrogens (tertiary/aromatic N) is 1. The molecule has 0 atom stereocenters. The van der Waals surface area contributed by atoms with E-state index in [0.29, 0.717) is 0 Å². The fraction of sp³-hybridized carbons (Fsp3) is 0.273. The number of sulfone groups is 1. The maximum Gasteiger partial charge on any atom is 0.339 e. The highest BCUT2D eigenvalue weighted by molar-refractivity contribution is 7.90. The molecule has 2 aromatic carbocycles. The van der Waals surface area contributed by atoms with E-state index >= 15 is 0 Å². The molecule has 0 spiro atoms.